The number of fused-ring (bicyclic) bond motifs is 6. The van der Waals surface area contributed by atoms with Crippen molar-refractivity contribution in [1.29, 1.82) is 0 Å². The smallest absolute Gasteiger partial charge is 0.344 e. The van der Waals surface area contributed by atoms with Gasteiger partial charge in [0.2, 0.25) is 5.60 Å². The molecule has 2 aliphatic carbocycles. The molecule has 6 heterocycles. The van der Waals surface area contributed by atoms with Crippen LogP contribution >= 0.6 is 23.4 Å². The van der Waals surface area contributed by atoms with Crippen molar-refractivity contribution in [3.8, 4) is 0 Å². The highest BCUT2D eigenvalue weighted by Crippen LogP contribution is 2.70. The molecule has 12 nitrogen and oxygen atoms in total. The molecule has 14 heteroatoms. The van der Waals surface area contributed by atoms with Crippen LogP contribution in [0.3, 0.4) is 0 Å². The summed E-state index contributed by atoms with van der Waals surface area (Å²) in [5, 5.41) is 15.2. The Morgan fingerprint density at radius 1 is 1.00 bits per heavy atom. The number of esters is 3. The average Bonchev–Trinajstić information content (AvgIpc) is 3.97. The molecule has 0 radical (unpaired) electrons. The van der Waals surface area contributed by atoms with E-state index in [0.717, 1.165) is 68.4 Å². The lowest BCUT2D eigenvalue weighted by atomic mass is 9.47. The lowest BCUT2D eigenvalue weighted by Crippen LogP contribution is -2.79. The molecule has 3 fully saturated rings. The molecule has 3 unspecified atom stereocenters. The number of thioether (sulfide) groups is 1. The quantitative estimate of drug-likeness (QED) is 0.0913. The minimum atomic E-state index is -2.28. The third kappa shape index (κ3) is 6.35. The standard InChI is InChI=1S/C52H61ClN4O8S/c1-8-31-21-32-25-51(47(59)63-6,43-36(28-56(26-31)27-32)35-22-34(15-16-40(35)54-43)66-29-33-13-10-11-14-39(33)53)38-23-37-41(24-42(38)62-5)55(4)45-50(37)18-20-57-19-12-17-49(9-2,44(50)57)46(65-30(3)58)52(45,61)48(60)64-7/h10-17,21-24,32,38,42,44-46,54,61H,8-9,18-20,25-29H2,1-7H3/t32-,38?,42?,44+,45-,46-,49-,50-,51+,52+/m1/s1. The van der Waals surface area contributed by atoms with E-state index in [1.54, 1.807) is 18.9 Å². The van der Waals surface area contributed by atoms with Gasteiger partial charge >= 0.3 is 17.9 Å². The van der Waals surface area contributed by atoms with Crippen LogP contribution in [0.4, 0.5) is 0 Å². The summed E-state index contributed by atoms with van der Waals surface area (Å²) in [7, 11) is 6.34. The summed E-state index contributed by atoms with van der Waals surface area (Å²) in [5.41, 5.74) is 1.59. The van der Waals surface area contributed by atoms with Crippen molar-refractivity contribution < 1.29 is 38.4 Å². The number of carbonyl (C=O) groups is 3. The Morgan fingerprint density at radius 2 is 1.79 bits per heavy atom. The van der Waals surface area contributed by atoms with Gasteiger partial charge in [-0.2, -0.15) is 0 Å². The van der Waals surface area contributed by atoms with Gasteiger partial charge < -0.3 is 33.9 Å². The number of ether oxygens (including phenoxy) is 4. The van der Waals surface area contributed by atoms with Gasteiger partial charge in [0.25, 0.3) is 0 Å². The predicted octanol–water partition coefficient (Wildman–Crippen LogP) is 7.34. The van der Waals surface area contributed by atoms with E-state index in [4.69, 9.17) is 30.5 Å². The molecule has 2 N–H and O–H groups in total. The van der Waals surface area contributed by atoms with E-state index in [9.17, 15) is 14.7 Å². The van der Waals surface area contributed by atoms with Crippen molar-refractivity contribution in [2.24, 2.45) is 22.7 Å². The van der Waals surface area contributed by atoms with Gasteiger partial charge in [0.05, 0.1) is 26.4 Å². The monoisotopic (exact) mass is 936 g/mol. The number of aromatic nitrogens is 1. The maximum atomic E-state index is 15.5. The molecular formula is C52H61ClN4O8S. The number of aromatic amines is 1. The number of H-pyrrole nitrogens is 1. The van der Waals surface area contributed by atoms with Gasteiger partial charge in [-0.05, 0) is 85.2 Å². The molecule has 11 atom stereocenters. The van der Waals surface area contributed by atoms with E-state index in [0.29, 0.717) is 44.6 Å². The van der Waals surface area contributed by atoms with Crippen LogP contribution < -0.4 is 0 Å². The highest BCUT2D eigenvalue weighted by molar-refractivity contribution is 7.98. The first-order valence-corrected chi connectivity index (χ1v) is 24.7. The molecule has 66 heavy (non-hydrogen) atoms. The Balaban J connectivity index is 1.21. The van der Waals surface area contributed by atoms with Crippen LogP contribution in [0, 0.1) is 22.7 Å². The van der Waals surface area contributed by atoms with Gasteiger partial charge in [0.15, 0.2) is 6.10 Å². The Kier molecular flexibility index (Phi) is 11.5. The van der Waals surface area contributed by atoms with Crippen LogP contribution in [-0.4, -0.2) is 127 Å². The summed E-state index contributed by atoms with van der Waals surface area (Å²) in [6.45, 7) is 9.16. The first kappa shape index (κ1) is 45.4. The molecule has 3 aromatic rings. The minimum Gasteiger partial charge on any atom is -0.468 e. The largest absolute Gasteiger partial charge is 0.468 e. The van der Waals surface area contributed by atoms with Crippen LogP contribution in [0.1, 0.15) is 63.3 Å². The fraction of sp³-hybridized carbons (Fsp3) is 0.519. The number of allylic oxidation sites excluding steroid dienone is 1. The van der Waals surface area contributed by atoms with Crippen molar-refractivity contribution in [3.05, 3.63) is 112 Å². The average molecular weight is 938 g/mol. The predicted molar refractivity (Wildman–Crippen MR) is 254 cm³/mol. The summed E-state index contributed by atoms with van der Waals surface area (Å²) >= 11 is 8.33. The molecule has 0 amide bonds. The molecule has 1 saturated carbocycles. The van der Waals surface area contributed by atoms with Crippen molar-refractivity contribution in [2.75, 3.05) is 54.6 Å². The van der Waals surface area contributed by atoms with Crippen LogP contribution in [0.5, 0.6) is 0 Å². The van der Waals surface area contributed by atoms with Crippen LogP contribution in [0.25, 0.3) is 10.9 Å². The SMILES string of the molecule is CCC1=C[C@H]2CN(C1)Cc1c([nH]c3ccc(SCc4ccccc4Cl)cc13)[C@@](C(=O)OC)(C1C=C3C(=CC1OC)N(C)[C@H]1[C@@](O)(C(=O)OC)[C@H](OC(C)=O)[C@]4(CC)C=CCN5CC[C@]31[C@@H]54)C2. The van der Waals surface area contributed by atoms with Gasteiger partial charge in [-0.15, -0.1) is 11.8 Å². The van der Waals surface area contributed by atoms with Crippen molar-refractivity contribution >= 4 is 52.2 Å². The molecular weight excluding hydrogens is 876 g/mol. The second-order valence-corrected chi connectivity index (χ2v) is 21.0. The van der Waals surface area contributed by atoms with E-state index in [1.165, 1.54) is 26.7 Å². The number of carbonyl (C=O) groups excluding carboxylic acids is 3. The normalized spacial score (nSPS) is 35.3. The van der Waals surface area contributed by atoms with Gasteiger partial charge in [0.1, 0.15) is 5.41 Å². The number of methoxy groups -OCH3 is 3. The number of likely N-dealkylation sites (tertiary alicyclic amines) is 1. The lowest BCUT2D eigenvalue weighted by molar-refractivity contribution is -0.243. The molecule has 7 aliphatic rings. The lowest BCUT2D eigenvalue weighted by Gasteiger charge is -2.63. The van der Waals surface area contributed by atoms with Crippen molar-refractivity contribution in [2.45, 2.75) is 99.0 Å². The van der Waals surface area contributed by atoms with E-state index < -0.39 is 58.0 Å². The number of hydrogen-bond donors (Lipinski definition) is 2. The van der Waals surface area contributed by atoms with E-state index in [1.807, 2.05) is 37.1 Å². The number of likely N-dealkylation sites (N-methyl/N-ethyl adjacent to an activating group) is 1. The van der Waals surface area contributed by atoms with E-state index >= 15 is 4.79 Å². The zero-order valence-corrected chi connectivity index (χ0v) is 40.5. The molecule has 2 saturated heterocycles. The highest BCUT2D eigenvalue weighted by atomic mass is 35.5. The van der Waals surface area contributed by atoms with E-state index in [2.05, 4.69) is 76.4 Å². The number of rotatable bonds is 10. The van der Waals surface area contributed by atoms with Crippen molar-refractivity contribution in [3.63, 3.8) is 0 Å². The zero-order valence-electron chi connectivity index (χ0n) is 38.9. The molecule has 1 aromatic heterocycles. The summed E-state index contributed by atoms with van der Waals surface area (Å²) in [5.74, 6) is -1.66. The fourth-order valence-electron chi connectivity index (χ4n) is 14.2. The summed E-state index contributed by atoms with van der Waals surface area (Å²) < 4.78 is 24.3. The third-order valence-corrected chi connectivity index (χ3v) is 18.0. The number of nitrogens with one attached hydrogen (secondary N) is 1. The number of nitrogens with zero attached hydrogens (tertiary/aromatic N) is 3. The van der Waals surface area contributed by atoms with Crippen LogP contribution in [0.15, 0.2) is 94.6 Å². The summed E-state index contributed by atoms with van der Waals surface area (Å²) in [6, 6.07) is 13.3. The fourth-order valence-corrected chi connectivity index (χ4v) is 15.4. The number of hydrogen-bond acceptors (Lipinski definition) is 12. The van der Waals surface area contributed by atoms with Gasteiger partial charge in [-0.1, -0.05) is 73.5 Å². The van der Waals surface area contributed by atoms with E-state index in [-0.39, 0.29) is 17.9 Å². The number of benzene rings is 2. The Morgan fingerprint density at radius 3 is 2.50 bits per heavy atom. The Labute approximate surface area is 396 Å². The third-order valence-electron chi connectivity index (χ3n) is 16.6. The number of aliphatic hydroxyl groups is 1. The maximum absolute atomic E-state index is 15.5. The molecule has 5 aliphatic heterocycles. The topological polar surface area (TPSA) is 134 Å². The van der Waals surface area contributed by atoms with Crippen molar-refractivity contribution in [1.82, 2.24) is 19.7 Å². The first-order valence-electron chi connectivity index (χ1n) is 23.4. The Hall–Kier alpha value is -4.37. The molecule has 2 bridgehead atoms. The van der Waals surface area contributed by atoms with Gasteiger partial charge in [-0.25, -0.2) is 4.79 Å². The maximum Gasteiger partial charge on any atom is 0.344 e. The number of halogens is 1. The molecule has 2 aromatic carbocycles. The molecule has 350 valence electrons. The van der Waals surface area contributed by atoms with Crippen LogP contribution in [-0.2, 0) is 51.0 Å². The summed E-state index contributed by atoms with van der Waals surface area (Å²) in [6.07, 6.45) is 11.4. The second kappa shape index (κ2) is 16.7. The zero-order chi connectivity index (χ0) is 46.5. The minimum absolute atomic E-state index is 0.0225. The van der Waals surface area contributed by atoms with Gasteiger partial charge in [0, 0.05) is 108 Å². The molecule has 1 spiro atoms. The second-order valence-electron chi connectivity index (χ2n) is 19.6. The first-order chi connectivity index (χ1) is 31.7. The van der Waals surface area contributed by atoms with Crippen LogP contribution in [0.2, 0.25) is 5.02 Å². The Bertz CT molecular complexity index is 2630. The highest BCUT2D eigenvalue weighted by Gasteiger charge is 2.81. The van der Waals surface area contributed by atoms with Gasteiger partial charge in [-0.3, -0.25) is 19.4 Å². The summed E-state index contributed by atoms with van der Waals surface area (Å²) in [4.78, 5) is 55.1. The molecule has 10 rings (SSSR count).